The molecule has 0 heterocycles. The van der Waals surface area contributed by atoms with Crippen LogP contribution in [0.25, 0.3) is 0 Å². The molecule has 4 heteroatoms. The summed E-state index contributed by atoms with van der Waals surface area (Å²) in [6.45, 7) is 0. The van der Waals surface area contributed by atoms with Crippen LogP contribution in [-0.2, 0) is 0 Å². The summed E-state index contributed by atoms with van der Waals surface area (Å²) in [4.78, 5) is 0. The number of rotatable bonds is 2. The highest BCUT2D eigenvalue weighted by Gasteiger charge is 2.27. The molecule has 2 rings (SSSR count). The smallest absolute Gasteiger partial charge is 0.129 e. The number of alkyl halides is 1. The van der Waals surface area contributed by atoms with E-state index in [1.54, 1.807) is 6.07 Å². The molecule has 1 saturated carbocycles. The van der Waals surface area contributed by atoms with Gasteiger partial charge in [0.15, 0.2) is 0 Å². The van der Waals surface area contributed by atoms with Crippen molar-refractivity contribution in [3.05, 3.63) is 33.0 Å². The predicted molar refractivity (Wildman–Crippen MR) is 69.7 cm³/mol. The number of benzene rings is 1. The minimum atomic E-state index is -0.275. The van der Waals surface area contributed by atoms with E-state index in [0.29, 0.717) is 21.0 Å². The van der Waals surface area contributed by atoms with E-state index in [9.17, 15) is 4.39 Å². The average Bonchev–Trinajstić information content (AvgIpc) is 2.75. The maximum atomic E-state index is 13.8. The quantitative estimate of drug-likeness (QED) is 0.482. The van der Waals surface area contributed by atoms with Gasteiger partial charge in [-0.2, -0.15) is 0 Å². The van der Waals surface area contributed by atoms with Gasteiger partial charge in [-0.15, -0.1) is 11.6 Å². The third-order valence-corrected chi connectivity index (χ3v) is 4.94. The van der Waals surface area contributed by atoms with Crippen LogP contribution in [0.15, 0.2) is 16.6 Å². The Bertz CT molecular complexity index is 389. The molecule has 1 unspecified atom stereocenters. The SMILES string of the molecule is Fc1cc(Br)c(Cl)cc1C(Cl)C1CCCC1. The van der Waals surface area contributed by atoms with E-state index >= 15 is 0 Å². The molecule has 0 nitrogen and oxygen atoms in total. The molecule has 0 N–H and O–H groups in total. The maximum Gasteiger partial charge on any atom is 0.129 e. The van der Waals surface area contributed by atoms with Crippen molar-refractivity contribution in [3.63, 3.8) is 0 Å². The highest BCUT2D eigenvalue weighted by Crippen LogP contribution is 2.42. The first-order chi connectivity index (χ1) is 7.59. The largest absolute Gasteiger partial charge is 0.207 e. The van der Waals surface area contributed by atoms with Crippen LogP contribution >= 0.6 is 39.1 Å². The van der Waals surface area contributed by atoms with Gasteiger partial charge < -0.3 is 0 Å². The monoisotopic (exact) mass is 324 g/mol. The zero-order valence-electron chi connectivity index (χ0n) is 8.65. The minimum Gasteiger partial charge on any atom is -0.207 e. The predicted octanol–water partition coefficient (Wildman–Crippen LogP) is 5.71. The highest BCUT2D eigenvalue weighted by atomic mass is 79.9. The van der Waals surface area contributed by atoms with Gasteiger partial charge in [0.2, 0.25) is 0 Å². The molecule has 0 aliphatic heterocycles. The van der Waals surface area contributed by atoms with Crippen LogP contribution in [0.2, 0.25) is 5.02 Å². The lowest BCUT2D eigenvalue weighted by atomic mass is 9.97. The Balaban J connectivity index is 2.28. The van der Waals surface area contributed by atoms with Crippen LogP contribution in [0, 0.1) is 11.7 Å². The van der Waals surface area contributed by atoms with E-state index in [0.717, 1.165) is 12.8 Å². The van der Waals surface area contributed by atoms with E-state index in [1.807, 2.05) is 0 Å². The van der Waals surface area contributed by atoms with Gasteiger partial charge in [-0.25, -0.2) is 4.39 Å². The van der Waals surface area contributed by atoms with Gasteiger partial charge in [0.1, 0.15) is 5.82 Å². The summed E-state index contributed by atoms with van der Waals surface area (Å²) in [6, 6.07) is 3.03. The molecule has 0 radical (unpaired) electrons. The van der Waals surface area contributed by atoms with Gasteiger partial charge in [-0.05, 0) is 46.8 Å². The van der Waals surface area contributed by atoms with Gasteiger partial charge in [0.05, 0.1) is 10.4 Å². The summed E-state index contributed by atoms with van der Waals surface area (Å²) in [5, 5.41) is 0.258. The van der Waals surface area contributed by atoms with Gasteiger partial charge in [-0.3, -0.25) is 0 Å². The van der Waals surface area contributed by atoms with Crippen molar-refractivity contribution in [2.45, 2.75) is 31.1 Å². The van der Waals surface area contributed by atoms with Crippen LogP contribution in [0.5, 0.6) is 0 Å². The van der Waals surface area contributed by atoms with E-state index in [-0.39, 0.29) is 11.2 Å². The van der Waals surface area contributed by atoms with E-state index in [2.05, 4.69) is 15.9 Å². The number of hydrogen-bond acceptors (Lipinski definition) is 0. The molecule has 1 atom stereocenters. The number of hydrogen-bond donors (Lipinski definition) is 0. The van der Waals surface area contributed by atoms with Crippen molar-refractivity contribution in [3.8, 4) is 0 Å². The summed E-state index contributed by atoms with van der Waals surface area (Å²) in [5.74, 6) is 0.108. The second-order valence-electron chi connectivity index (χ2n) is 4.23. The molecule has 88 valence electrons. The summed E-state index contributed by atoms with van der Waals surface area (Å²) < 4.78 is 14.3. The zero-order chi connectivity index (χ0) is 11.7. The Hall–Kier alpha value is 0.210. The van der Waals surface area contributed by atoms with Crippen LogP contribution < -0.4 is 0 Å². The second-order valence-corrected chi connectivity index (χ2v) is 5.97. The third kappa shape index (κ3) is 2.55. The van der Waals surface area contributed by atoms with Crippen LogP contribution in [0.1, 0.15) is 36.6 Å². The third-order valence-electron chi connectivity index (χ3n) is 3.15. The van der Waals surface area contributed by atoms with Crippen molar-refractivity contribution >= 4 is 39.1 Å². The zero-order valence-corrected chi connectivity index (χ0v) is 11.7. The lowest BCUT2D eigenvalue weighted by molar-refractivity contribution is 0.505. The van der Waals surface area contributed by atoms with Crippen LogP contribution in [0.3, 0.4) is 0 Å². The lowest BCUT2D eigenvalue weighted by Crippen LogP contribution is -2.05. The molecule has 0 aromatic heterocycles. The fourth-order valence-electron chi connectivity index (χ4n) is 2.25. The molecule has 1 aliphatic rings. The van der Waals surface area contributed by atoms with Gasteiger partial charge >= 0.3 is 0 Å². The molecule has 1 aromatic carbocycles. The maximum absolute atomic E-state index is 13.8. The van der Waals surface area contributed by atoms with Crippen molar-refractivity contribution in [2.24, 2.45) is 5.92 Å². The van der Waals surface area contributed by atoms with Gasteiger partial charge in [0.25, 0.3) is 0 Å². The molecule has 1 fully saturated rings. The fourth-order valence-corrected chi connectivity index (χ4v) is 3.16. The lowest BCUT2D eigenvalue weighted by Gasteiger charge is -2.18. The summed E-state index contributed by atoms with van der Waals surface area (Å²) in [5.41, 5.74) is 0.529. The van der Waals surface area contributed by atoms with Crippen molar-refractivity contribution in [1.82, 2.24) is 0 Å². The Labute approximate surface area is 113 Å². The van der Waals surface area contributed by atoms with E-state index in [4.69, 9.17) is 23.2 Å². The first-order valence-corrected chi connectivity index (χ1v) is 6.99. The molecule has 1 aliphatic carbocycles. The molecule has 0 amide bonds. The Morgan fingerprint density at radius 1 is 1.31 bits per heavy atom. The van der Waals surface area contributed by atoms with Crippen LogP contribution in [-0.4, -0.2) is 0 Å². The Morgan fingerprint density at radius 3 is 2.56 bits per heavy atom. The molecular weight excluding hydrogens is 314 g/mol. The fraction of sp³-hybridized carbons (Fsp3) is 0.500. The molecule has 0 saturated heterocycles. The first-order valence-electron chi connectivity index (χ1n) is 5.38. The second kappa shape index (κ2) is 5.24. The van der Waals surface area contributed by atoms with Gasteiger partial charge in [0, 0.05) is 10.0 Å². The molecular formula is C12H12BrCl2F. The van der Waals surface area contributed by atoms with Gasteiger partial charge in [-0.1, -0.05) is 24.4 Å². The topological polar surface area (TPSA) is 0 Å². The summed E-state index contributed by atoms with van der Waals surface area (Å²) in [7, 11) is 0. The molecule has 0 spiro atoms. The summed E-state index contributed by atoms with van der Waals surface area (Å²) in [6.07, 6.45) is 4.56. The van der Waals surface area contributed by atoms with Crippen molar-refractivity contribution < 1.29 is 4.39 Å². The molecule has 0 bridgehead atoms. The van der Waals surface area contributed by atoms with Crippen molar-refractivity contribution in [2.75, 3.05) is 0 Å². The first kappa shape index (κ1) is 12.7. The highest BCUT2D eigenvalue weighted by molar-refractivity contribution is 9.10. The van der Waals surface area contributed by atoms with Crippen LogP contribution in [0.4, 0.5) is 4.39 Å². The average molecular weight is 326 g/mol. The molecule has 16 heavy (non-hydrogen) atoms. The van der Waals surface area contributed by atoms with E-state index < -0.39 is 0 Å². The Kier molecular flexibility index (Phi) is 4.15. The standard InChI is InChI=1S/C12H12BrCl2F/c13-9-6-11(16)8(5-10(9)14)12(15)7-3-1-2-4-7/h5-7,12H,1-4H2. The van der Waals surface area contributed by atoms with E-state index in [1.165, 1.54) is 18.9 Å². The minimum absolute atomic E-state index is 0.256. The number of halogens is 4. The summed E-state index contributed by atoms with van der Waals surface area (Å²) >= 11 is 15.5. The Morgan fingerprint density at radius 2 is 1.94 bits per heavy atom. The van der Waals surface area contributed by atoms with Crippen molar-refractivity contribution in [1.29, 1.82) is 0 Å². The molecule has 1 aromatic rings. The normalized spacial score (nSPS) is 19.0.